The normalized spacial score (nSPS) is 13.4. The minimum absolute atomic E-state index is 0.0444. The Balaban J connectivity index is 3.29. The third-order valence-corrected chi connectivity index (χ3v) is 3.99. The number of nitrogens with two attached hydrogens (primary N) is 1. The fourth-order valence-corrected chi connectivity index (χ4v) is 2.81. The van der Waals surface area contributed by atoms with Crippen molar-refractivity contribution >= 4 is 15.7 Å². The molecule has 0 saturated carbocycles. The first-order valence-corrected chi connectivity index (χ1v) is 6.46. The number of halogens is 1. The zero-order valence-electron chi connectivity index (χ0n) is 9.70. The van der Waals surface area contributed by atoms with Gasteiger partial charge in [0.25, 0.3) is 0 Å². The van der Waals surface area contributed by atoms with E-state index in [0.29, 0.717) is 0 Å². The van der Waals surface area contributed by atoms with Crippen LogP contribution in [0.2, 0.25) is 0 Å². The van der Waals surface area contributed by atoms with Gasteiger partial charge >= 0.3 is 0 Å². The maximum atomic E-state index is 13.4. The highest BCUT2D eigenvalue weighted by Gasteiger charge is 2.20. The third kappa shape index (κ3) is 3.04. The van der Waals surface area contributed by atoms with Crippen molar-refractivity contribution in [1.82, 2.24) is 4.72 Å². The third-order valence-electron chi connectivity index (χ3n) is 2.30. The van der Waals surface area contributed by atoms with Crippen molar-refractivity contribution in [3.63, 3.8) is 0 Å². The highest BCUT2D eigenvalue weighted by molar-refractivity contribution is 7.89. The summed E-state index contributed by atoms with van der Waals surface area (Å²) < 4.78 is 39.6. The Bertz CT molecular complexity index is 541. The van der Waals surface area contributed by atoms with Crippen molar-refractivity contribution in [2.75, 3.05) is 5.73 Å². The van der Waals surface area contributed by atoms with Gasteiger partial charge in [0, 0.05) is 17.3 Å². The lowest BCUT2D eigenvalue weighted by Crippen LogP contribution is -2.31. The maximum Gasteiger partial charge on any atom is 0.241 e. The average Bonchev–Trinajstić information content (AvgIpc) is 2.22. The Kier molecular flexibility index (Phi) is 3.90. The summed E-state index contributed by atoms with van der Waals surface area (Å²) in [5.74, 6) is -0.642. The first kappa shape index (κ1) is 13.7. The predicted molar refractivity (Wildman–Crippen MR) is 65.5 cm³/mol. The van der Waals surface area contributed by atoms with Gasteiger partial charge in [0.2, 0.25) is 10.0 Å². The van der Waals surface area contributed by atoms with Gasteiger partial charge in [-0.25, -0.2) is 17.5 Å². The van der Waals surface area contributed by atoms with Crippen LogP contribution in [0.3, 0.4) is 0 Å². The van der Waals surface area contributed by atoms with Gasteiger partial charge < -0.3 is 5.73 Å². The molecule has 6 heteroatoms. The molecule has 1 rings (SSSR count). The SMILES string of the molecule is C=CC(C)NS(=O)(=O)c1cc(N)cc(F)c1C. The van der Waals surface area contributed by atoms with E-state index in [1.54, 1.807) is 6.92 Å². The van der Waals surface area contributed by atoms with Crippen LogP contribution in [0.4, 0.5) is 10.1 Å². The summed E-state index contributed by atoms with van der Waals surface area (Å²) in [6.07, 6.45) is 1.44. The Hall–Kier alpha value is -1.40. The molecule has 17 heavy (non-hydrogen) atoms. The van der Waals surface area contributed by atoms with E-state index in [0.717, 1.165) is 6.07 Å². The van der Waals surface area contributed by atoms with Crippen LogP contribution >= 0.6 is 0 Å². The minimum atomic E-state index is -3.79. The fourth-order valence-electron chi connectivity index (χ4n) is 1.31. The molecule has 1 atom stereocenters. The molecular formula is C11H15FN2O2S. The van der Waals surface area contributed by atoms with Crippen LogP contribution in [-0.4, -0.2) is 14.5 Å². The lowest BCUT2D eigenvalue weighted by atomic mass is 10.2. The lowest BCUT2D eigenvalue weighted by molar-refractivity contribution is 0.570. The van der Waals surface area contributed by atoms with Crippen LogP contribution < -0.4 is 10.5 Å². The molecule has 0 aliphatic carbocycles. The number of anilines is 1. The second kappa shape index (κ2) is 4.85. The van der Waals surface area contributed by atoms with E-state index >= 15 is 0 Å². The van der Waals surface area contributed by atoms with Crippen LogP contribution in [-0.2, 0) is 10.0 Å². The van der Waals surface area contributed by atoms with Crippen molar-refractivity contribution < 1.29 is 12.8 Å². The van der Waals surface area contributed by atoms with Gasteiger partial charge in [-0.05, 0) is 26.0 Å². The van der Waals surface area contributed by atoms with E-state index in [2.05, 4.69) is 11.3 Å². The van der Waals surface area contributed by atoms with E-state index in [4.69, 9.17) is 5.73 Å². The van der Waals surface area contributed by atoms with Crippen molar-refractivity contribution in [1.29, 1.82) is 0 Å². The molecule has 0 spiro atoms. The van der Waals surface area contributed by atoms with Crippen molar-refractivity contribution in [2.24, 2.45) is 0 Å². The monoisotopic (exact) mass is 258 g/mol. The maximum absolute atomic E-state index is 13.4. The largest absolute Gasteiger partial charge is 0.399 e. The second-order valence-electron chi connectivity index (χ2n) is 3.77. The molecular weight excluding hydrogens is 243 g/mol. The number of hydrogen-bond acceptors (Lipinski definition) is 3. The fraction of sp³-hybridized carbons (Fsp3) is 0.273. The highest BCUT2D eigenvalue weighted by Crippen LogP contribution is 2.21. The van der Waals surface area contributed by atoms with Gasteiger partial charge in [-0.3, -0.25) is 0 Å². The highest BCUT2D eigenvalue weighted by atomic mass is 32.2. The molecule has 0 saturated heterocycles. The van der Waals surface area contributed by atoms with Crippen LogP contribution in [0, 0.1) is 12.7 Å². The number of nitrogens with one attached hydrogen (secondary N) is 1. The summed E-state index contributed by atoms with van der Waals surface area (Å²) in [5.41, 5.74) is 5.55. The summed E-state index contributed by atoms with van der Waals surface area (Å²) in [6.45, 7) is 6.49. The lowest BCUT2D eigenvalue weighted by Gasteiger charge is -2.13. The Morgan fingerprint density at radius 1 is 1.53 bits per heavy atom. The molecule has 94 valence electrons. The molecule has 4 nitrogen and oxygen atoms in total. The molecule has 0 radical (unpaired) electrons. The van der Waals surface area contributed by atoms with Crippen LogP contribution in [0.15, 0.2) is 29.7 Å². The molecule has 0 aliphatic heterocycles. The first-order chi connectivity index (χ1) is 7.77. The topological polar surface area (TPSA) is 72.2 Å². The van der Waals surface area contributed by atoms with E-state index in [1.165, 1.54) is 19.1 Å². The van der Waals surface area contributed by atoms with Gasteiger partial charge in [-0.1, -0.05) is 6.08 Å². The molecule has 0 aromatic heterocycles. The molecule has 0 heterocycles. The number of hydrogen-bond donors (Lipinski definition) is 2. The molecule has 0 amide bonds. The van der Waals surface area contributed by atoms with Crippen molar-refractivity contribution in [3.8, 4) is 0 Å². The van der Waals surface area contributed by atoms with Gasteiger partial charge in [0.1, 0.15) is 5.82 Å². The Labute approximate surface area is 100 Å². The zero-order valence-corrected chi connectivity index (χ0v) is 10.5. The quantitative estimate of drug-likeness (QED) is 0.636. The smallest absolute Gasteiger partial charge is 0.241 e. The number of rotatable bonds is 4. The van der Waals surface area contributed by atoms with Crippen molar-refractivity contribution in [2.45, 2.75) is 24.8 Å². The molecule has 3 N–H and O–H groups in total. The predicted octanol–water partition coefficient (Wildman–Crippen LogP) is 1.57. The van der Waals surface area contributed by atoms with E-state index < -0.39 is 21.9 Å². The summed E-state index contributed by atoms with van der Waals surface area (Å²) in [7, 11) is -3.79. The van der Waals surface area contributed by atoms with Gasteiger partial charge in [0.15, 0.2) is 0 Å². The van der Waals surface area contributed by atoms with Crippen LogP contribution in [0.5, 0.6) is 0 Å². The second-order valence-corrected chi connectivity index (χ2v) is 5.45. The first-order valence-electron chi connectivity index (χ1n) is 4.98. The van der Waals surface area contributed by atoms with Gasteiger partial charge in [-0.15, -0.1) is 6.58 Å². The number of sulfonamides is 1. The molecule has 0 fully saturated rings. The van der Waals surface area contributed by atoms with E-state index in [9.17, 15) is 12.8 Å². The van der Waals surface area contributed by atoms with Crippen molar-refractivity contribution in [3.05, 3.63) is 36.2 Å². The molecule has 1 aromatic carbocycles. The molecule has 0 aliphatic rings. The Morgan fingerprint density at radius 3 is 2.65 bits per heavy atom. The van der Waals surface area contributed by atoms with Crippen LogP contribution in [0.25, 0.3) is 0 Å². The number of benzene rings is 1. The summed E-state index contributed by atoms with van der Waals surface area (Å²) in [4.78, 5) is -0.149. The summed E-state index contributed by atoms with van der Waals surface area (Å²) >= 11 is 0. The molecule has 1 aromatic rings. The van der Waals surface area contributed by atoms with E-state index in [-0.39, 0.29) is 16.1 Å². The minimum Gasteiger partial charge on any atom is -0.399 e. The summed E-state index contributed by atoms with van der Waals surface area (Å²) in [5, 5.41) is 0. The standard InChI is InChI=1S/C11H15FN2O2S/c1-4-7(2)14-17(15,16)11-6-9(13)5-10(12)8(11)3/h4-7,14H,1,13H2,2-3H3. The summed E-state index contributed by atoms with van der Waals surface area (Å²) in [6, 6.07) is 1.88. The van der Waals surface area contributed by atoms with E-state index in [1.807, 2.05) is 0 Å². The van der Waals surface area contributed by atoms with Crippen LogP contribution in [0.1, 0.15) is 12.5 Å². The average molecular weight is 258 g/mol. The molecule has 0 bridgehead atoms. The molecule has 1 unspecified atom stereocenters. The number of nitrogen functional groups attached to an aromatic ring is 1. The zero-order chi connectivity index (χ0) is 13.2. The Morgan fingerprint density at radius 2 is 2.12 bits per heavy atom. The van der Waals surface area contributed by atoms with Gasteiger partial charge in [0.05, 0.1) is 4.90 Å². The van der Waals surface area contributed by atoms with Gasteiger partial charge in [-0.2, -0.15) is 0 Å².